The average Bonchev–Trinajstić information content (AvgIpc) is 3.14. The van der Waals surface area contributed by atoms with Gasteiger partial charge in [-0.3, -0.25) is 0 Å². The first-order valence-corrected chi connectivity index (χ1v) is 11.3. The molecule has 0 amide bonds. The predicted octanol–water partition coefficient (Wildman–Crippen LogP) is 6.12. The largest absolute Gasteiger partial charge is 0.493 e. The molecule has 0 saturated heterocycles. The molecule has 0 aromatic heterocycles. The molecular weight excluding hydrogens is 592 g/mol. The number of rotatable bonds is 6. The lowest BCUT2D eigenvalue weighted by molar-refractivity contribution is -0.129. The van der Waals surface area contributed by atoms with Crippen LogP contribution in [0.2, 0.25) is 0 Å². The fourth-order valence-corrected chi connectivity index (χ4v) is 4.23. The lowest BCUT2D eigenvalue weighted by Crippen LogP contribution is -2.07. The zero-order valence-corrected chi connectivity index (χ0v) is 20.5. The molecule has 3 aromatic rings. The minimum atomic E-state index is -0.647. The number of aliphatic imine (C=N–C) groups is 1. The van der Waals surface area contributed by atoms with E-state index < -0.39 is 11.8 Å². The first-order chi connectivity index (χ1) is 15.5. The van der Waals surface area contributed by atoms with Crippen LogP contribution in [-0.4, -0.2) is 19.0 Å². The Hall–Kier alpha value is -2.72. The molecule has 0 aliphatic carbocycles. The van der Waals surface area contributed by atoms with Crippen LogP contribution in [0.25, 0.3) is 6.08 Å². The maximum absolute atomic E-state index is 14.0. The third kappa shape index (κ3) is 4.86. The fraction of sp³-hybridized carbons (Fsp3) is 0.0833. The Morgan fingerprint density at radius 1 is 1.16 bits per heavy atom. The minimum Gasteiger partial charge on any atom is -0.493 e. The number of methoxy groups -OCH3 is 1. The maximum Gasteiger partial charge on any atom is 0.363 e. The van der Waals surface area contributed by atoms with E-state index in [9.17, 15) is 9.18 Å². The third-order valence-electron chi connectivity index (χ3n) is 4.61. The summed E-state index contributed by atoms with van der Waals surface area (Å²) in [7, 11) is 1.55. The van der Waals surface area contributed by atoms with Crippen LogP contribution in [0.1, 0.15) is 16.7 Å². The molecule has 32 heavy (non-hydrogen) atoms. The zero-order chi connectivity index (χ0) is 22.7. The number of carbonyl (C=O) groups is 1. The van der Waals surface area contributed by atoms with Gasteiger partial charge in [0.1, 0.15) is 12.4 Å². The highest BCUT2D eigenvalue weighted by Gasteiger charge is 2.26. The van der Waals surface area contributed by atoms with E-state index in [1.165, 1.54) is 12.1 Å². The molecule has 0 unspecified atom stereocenters. The lowest BCUT2D eigenvalue weighted by atomic mass is 10.1. The molecule has 0 bridgehead atoms. The van der Waals surface area contributed by atoms with Gasteiger partial charge in [0.2, 0.25) is 5.90 Å². The van der Waals surface area contributed by atoms with Crippen molar-refractivity contribution in [2.75, 3.05) is 7.11 Å². The first kappa shape index (κ1) is 22.5. The number of hydrogen-bond acceptors (Lipinski definition) is 5. The van der Waals surface area contributed by atoms with E-state index in [4.69, 9.17) is 14.2 Å². The topological polar surface area (TPSA) is 57.1 Å². The number of ether oxygens (including phenoxy) is 3. The summed E-state index contributed by atoms with van der Waals surface area (Å²) in [5, 5.41) is 0. The highest BCUT2D eigenvalue weighted by Crippen LogP contribution is 2.36. The van der Waals surface area contributed by atoms with Crippen molar-refractivity contribution in [2.24, 2.45) is 4.99 Å². The molecule has 4 rings (SSSR count). The molecule has 0 N–H and O–H groups in total. The van der Waals surface area contributed by atoms with Gasteiger partial charge in [-0.1, -0.05) is 46.3 Å². The quantitative estimate of drug-likeness (QED) is 0.192. The molecule has 5 nitrogen and oxygen atoms in total. The van der Waals surface area contributed by atoms with Crippen molar-refractivity contribution in [1.29, 1.82) is 0 Å². The number of halogens is 3. The van der Waals surface area contributed by atoms with Crippen LogP contribution in [-0.2, 0) is 16.1 Å². The average molecular weight is 608 g/mol. The standard InChI is InChI=1S/C24H16BrFINO4/c1-30-21-12-14(10-19(27)22(21)31-13-15-6-2-4-8-17(15)25)11-20-24(29)32-23(28-20)16-7-3-5-9-18(16)26/h2-12H,13H2,1H3/b20-11-. The second-order valence-corrected chi connectivity index (χ2v) is 8.75. The number of benzene rings is 3. The zero-order valence-electron chi connectivity index (χ0n) is 16.8. The lowest BCUT2D eigenvalue weighted by Gasteiger charge is -2.14. The molecule has 3 aromatic carbocycles. The molecule has 1 aliphatic rings. The highest BCUT2D eigenvalue weighted by molar-refractivity contribution is 14.1. The van der Waals surface area contributed by atoms with Gasteiger partial charge in [0, 0.05) is 10.0 Å². The Labute approximate surface area is 206 Å². The van der Waals surface area contributed by atoms with Gasteiger partial charge >= 0.3 is 5.97 Å². The Morgan fingerprint density at radius 2 is 1.91 bits per heavy atom. The van der Waals surface area contributed by atoms with Crippen molar-refractivity contribution in [3.05, 3.63) is 96.9 Å². The molecule has 0 saturated carbocycles. The summed E-state index contributed by atoms with van der Waals surface area (Å²) in [4.78, 5) is 16.5. The maximum atomic E-state index is 14.0. The van der Waals surface area contributed by atoms with Gasteiger partial charge in [0.15, 0.2) is 17.2 Å². The number of carbonyl (C=O) groups excluding carboxylic acids is 1. The van der Waals surface area contributed by atoms with Gasteiger partial charge in [-0.05, 0) is 64.6 Å². The highest BCUT2D eigenvalue weighted by atomic mass is 127. The van der Waals surface area contributed by atoms with Crippen molar-refractivity contribution >= 4 is 56.5 Å². The molecule has 0 spiro atoms. The summed E-state index contributed by atoms with van der Waals surface area (Å²) < 4.78 is 32.5. The van der Waals surface area contributed by atoms with Crippen LogP contribution in [0, 0.1) is 9.39 Å². The van der Waals surface area contributed by atoms with Gasteiger partial charge in [0.05, 0.1) is 16.2 Å². The number of nitrogens with zero attached hydrogens (tertiary/aromatic N) is 1. The van der Waals surface area contributed by atoms with E-state index in [0.717, 1.165) is 13.6 Å². The van der Waals surface area contributed by atoms with Crippen LogP contribution in [0.15, 0.2) is 75.8 Å². The van der Waals surface area contributed by atoms with E-state index in [-0.39, 0.29) is 17.2 Å². The number of cyclic esters (lactones) is 1. The Morgan fingerprint density at radius 3 is 2.66 bits per heavy atom. The molecule has 0 fully saturated rings. The van der Waals surface area contributed by atoms with Gasteiger partial charge < -0.3 is 14.2 Å². The van der Waals surface area contributed by atoms with E-state index in [1.807, 2.05) is 30.3 Å². The van der Waals surface area contributed by atoms with Crippen LogP contribution in [0.4, 0.5) is 4.39 Å². The number of hydrogen-bond donors (Lipinski definition) is 0. The van der Waals surface area contributed by atoms with E-state index in [0.29, 0.717) is 23.7 Å². The molecule has 1 aliphatic heterocycles. The van der Waals surface area contributed by atoms with Gasteiger partial charge in [-0.15, -0.1) is 0 Å². The molecule has 0 atom stereocenters. The summed E-state index contributed by atoms with van der Waals surface area (Å²) in [5.74, 6) is -0.111. The minimum absolute atomic E-state index is 0.0607. The summed E-state index contributed by atoms with van der Waals surface area (Å²) >= 11 is 5.66. The Balaban J connectivity index is 1.61. The molecule has 8 heteroatoms. The molecule has 1 heterocycles. The van der Waals surface area contributed by atoms with Gasteiger partial charge in [-0.2, -0.15) is 0 Å². The summed E-state index contributed by atoms with van der Waals surface area (Å²) in [6.07, 6.45) is 1.57. The van der Waals surface area contributed by atoms with Gasteiger partial charge in [0.25, 0.3) is 0 Å². The van der Waals surface area contributed by atoms with Crippen molar-refractivity contribution in [3.63, 3.8) is 0 Å². The SMILES string of the molecule is COc1cc(/C=C2\N=C(c3ccccc3F)OC2=O)cc(I)c1OCc1ccccc1Br. The van der Waals surface area contributed by atoms with Crippen LogP contribution in [0.3, 0.4) is 0 Å². The smallest absolute Gasteiger partial charge is 0.363 e. The summed E-state index contributed by atoms with van der Waals surface area (Å²) in [6, 6.07) is 17.4. The Bertz CT molecular complexity index is 1260. The Kier molecular flexibility index (Phi) is 6.90. The summed E-state index contributed by atoms with van der Waals surface area (Å²) in [6.45, 7) is 0.358. The molecule has 0 radical (unpaired) electrons. The van der Waals surface area contributed by atoms with Crippen molar-refractivity contribution in [3.8, 4) is 11.5 Å². The van der Waals surface area contributed by atoms with Crippen LogP contribution < -0.4 is 9.47 Å². The monoisotopic (exact) mass is 607 g/mol. The summed E-state index contributed by atoms with van der Waals surface area (Å²) in [5.41, 5.74) is 1.88. The van der Waals surface area contributed by atoms with Crippen LogP contribution >= 0.6 is 38.5 Å². The van der Waals surface area contributed by atoms with Crippen LogP contribution in [0.5, 0.6) is 11.5 Å². The second-order valence-electron chi connectivity index (χ2n) is 6.73. The predicted molar refractivity (Wildman–Crippen MR) is 131 cm³/mol. The fourth-order valence-electron chi connectivity index (χ4n) is 3.05. The first-order valence-electron chi connectivity index (χ1n) is 9.47. The van der Waals surface area contributed by atoms with E-state index in [2.05, 4.69) is 43.5 Å². The third-order valence-corrected chi connectivity index (χ3v) is 6.18. The van der Waals surface area contributed by atoms with E-state index in [1.54, 1.807) is 31.4 Å². The van der Waals surface area contributed by atoms with Crippen molar-refractivity contribution < 1.29 is 23.4 Å². The normalized spacial score (nSPS) is 14.3. The second kappa shape index (κ2) is 9.83. The van der Waals surface area contributed by atoms with E-state index >= 15 is 0 Å². The van der Waals surface area contributed by atoms with Crippen molar-refractivity contribution in [2.45, 2.75) is 6.61 Å². The molecule has 162 valence electrons. The molecular formula is C24H16BrFINO4. The van der Waals surface area contributed by atoms with Crippen molar-refractivity contribution in [1.82, 2.24) is 0 Å². The van der Waals surface area contributed by atoms with Gasteiger partial charge in [-0.25, -0.2) is 14.2 Å². The number of esters is 1.